The molecule has 2 N–H and O–H groups in total. The number of amides is 1. The van der Waals surface area contributed by atoms with E-state index in [4.69, 9.17) is 0 Å². The van der Waals surface area contributed by atoms with Crippen LogP contribution in [0.1, 0.15) is 12.8 Å². The van der Waals surface area contributed by atoms with Crippen molar-refractivity contribution in [3.05, 3.63) is 23.9 Å². The minimum Gasteiger partial charge on any atom is -0.340 e. The molecule has 0 aromatic heterocycles. The van der Waals surface area contributed by atoms with Crippen molar-refractivity contribution in [1.82, 2.24) is 10.6 Å². The third-order valence-electron chi connectivity index (χ3n) is 3.45. The van der Waals surface area contributed by atoms with E-state index in [1.54, 1.807) is 6.20 Å². The standard InChI is InChI=1S/C12H15N3O/c16-12-9(8-1-4-13-5-2-8)7-11-10(15-12)3-6-14-11/h3,6-8,10,13H,1-2,4-5H2,(H,15,16). The molecule has 0 bridgehead atoms. The summed E-state index contributed by atoms with van der Waals surface area (Å²) in [5.41, 5.74) is 1.90. The summed E-state index contributed by atoms with van der Waals surface area (Å²) < 4.78 is 0. The lowest BCUT2D eigenvalue weighted by Gasteiger charge is -2.28. The van der Waals surface area contributed by atoms with E-state index in [9.17, 15) is 4.79 Å². The van der Waals surface area contributed by atoms with Crippen LogP contribution in [-0.4, -0.2) is 30.8 Å². The van der Waals surface area contributed by atoms with Crippen LogP contribution in [0.2, 0.25) is 0 Å². The van der Waals surface area contributed by atoms with Crippen LogP contribution in [0.5, 0.6) is 0 Å². The molecule has 0 saturated carbocycles. The van der Waals surface area contributed by atoms with E-state index >= 15 is 0 Å². The Balaban J connectivity index is 1.85. The van der Waals surface area contributed by atoms with Crippen LogP contribution >= 0.6 is 0 Å². The summed E-state index contributed by atoms with van der Waals surface area (Å²) in [7, 11) is 0. The Morgan fingerprint density at radius 3 is 2.94 bits per heavy atom. The summed E-state index contributed by atoms with van der Waals surface area (Å²) in [6.07, 6.45) is 7.76. The van der Waals surface area contributed by atoms with Gasteiger partial charge in [-0.3, -0.25) is 9.79 Å². The predicted molar refractivity (Wildman–Crippen MR) is 62.2 cm³/mol. The Bertz CT molecular complexity index is 402. The van der Waals surface area contributed by atoms with Gasteiger partial charge in [0.15, 0.2) is 0 Å². The van der Waals surface area contributed by atoms with Gasteiger partial charge >= 0.3 is 0 Å². The van der Waals surface area contributed by atoms with Gasteiger partial charge in [0.2, 0.25) is 5.91 Å². The van der Waals surface area contributed by atoms with Gasteiger partial charge in [0.1, 0.15) is 0 Å². The van der Waals surface area contributed by atoms with Crippen molar-refractivity contribution < 1.29 is 4.79 Å². The number of fused-ring (bicyclic) bond motifs is 1. The van der Waals surface area contributed by atoms with E-state index in [2.05, 4.69) is 15.6 Å². The number of piperidine rings is 1. The van der Waals surface area contributed by atoms with Crippen LogP contribution in [0.25, 0.3) is 0 Å². The molecule has 0 aromatic carbocycles. The number of nitrogens with one attached hydrogen (secondary N) is 2. The van der Waals surface area contributed by atoms with E-state index in [0.717, 1.165) is 37.2 Å². The molecule has 1 fully saturated rings. The largest absolute Gasteiger partial charge is 0.340 e. The van der Waals surface area contributed by atoms with E-state index in [0.29, 0.717) is 5.92 Å². The van der Waals surface area contributed by atoms with Crippen LogP contribution < -0.4 is 10.6 Å². The fraction of sp³-hybridized carbons (Fsp3) is 0.500. The normalized spacial score (nSPS) is 29.5. The SMILES string of the molecule is O=C1NC2C=CN=C2C=C1C1CCNCC1. The fourth-order valence-electron chi connectivity index (χ4n) is 2.53. The van der Waals surface area contributed by atoms with Gasteiger partial charge < -0.3 is 10.6 Å². The Kier molecular flexibility index (Phi) is 2.36. The lowest BCUT2D eigenvalue weighted by atomic mass is 9.86. The number of hydrogen-bond donors (Lipinski definition) is 2. The van der Waals surface area contributed by atoms with Crippen molar-refractivity contribution in [2.45, 2.75) is 18.9 Å². The topological polar surface area (TPSA) is 53.5 Å². The Hall–Kier alpha value is -1.42. The maximum absolute atomic E-state index is 11.9. The van der Waals surface area contributed by atoms with Gasteiger partial charge in [-0.1, -0.05) is 0 Å². The van der Waals surface area contributed by atoms with Crippen LogP contribution in [-0.2, 0) is 4.79 Å². The van der Waals surface area contributed by atoms with Crippen LogP contribution in [0.15, 0.2) is 28.9 Å². The maximum atomic E-state index is 11.9. The van der Waals surface area contributed by atoms with E-state index in [-0.39, 0.29) is 11.9 Å². The molecule has 1 unspecified atom stereocenters. The minimum absolute atomic E-state index is 0.0120. The van der Waals surface area contributed by atoms with Crippen molar-refractivity contribution in [3.63, 3.8) is 0 Å². The third kappa shape index (κ3) is 1.59. The van der Waals surface area contributed by atoms with Gasteiger partial charge in [-0.05, 0) is 44.0 Å². The summed E-state index contributed by atoms with van der Waals surface area (Å²) in [5.74, 6) is 0.480. The molecule has 16 heavy (non-hydrogen) atoms. The summed E-state index contributed by atoms with van der Waals surface area (Å²) >= 11 is 0. The Morgan fingerprint density at radius 1 is 1.31 bits per heavy atom. The van der Waals surface area contributed by atoms with Crippen molar-refractivity contribution in [2.24, 2.45) is 10.9 Å². The van der Waals surface area contributed by atoms with Crippen molar-refractivity contribution in [3.8, 4) is 0 Å². The number of aliphatic imine (C=N–C) groups is 1. The first kappa shape index (κ1) is 9.78. The molecule has 3 heterocycles. The molecule has 1 atom stereocenters. The molecule has 84 valence electrons. The average Bonchev–Trinajstić information content (AvgIpc) is 2.76. The molecule has 1 amide bonds. The molecule has 4 nitrogen and oxygen atoms in total. The highest BCUT2D eigenvalue weighted by Crippen LogP contribution is 2.25. The maximum Gasteiger partial charge on any atom is 0.248 e. The number of carbonyl (C=O) groups is 1. The molecular formula is C12H15N3O. The first-order valence-corrected chi connectivity index (χ1v) is 5.82. The molecule has 1 saturated heterocycles. The molecular weight excluding hydrogens is 202 g/mol. The second-order valence-corrected chi connectivity index (χ2v) is 4.47. The predicted octanol–water partition coefficient (Wildman–Crippen LogP) is 0.379. The highest BCUT2D eigenvalue weighted by Gasteiger charge is 2.30. The zero-order chi connectivity index (χ0) is 11.0. The molecule has 3 rings (SSSR count). The number of carbonyl (C=O) groups excluding carboxylic acids is 1. The van der Waals surface area contributed by atoms with Gasteiger partial charge in [-0.25, -0.2) is 0 Å². The first-order chi connectivity index (χ1) is 7.84. The van der Waals surface area contributed by atoms with Crippen molar-refractivity contribution >= 4 is 11.6 Å². The van der Waals surface area contributed by atoms with Gasteiger partial charge in [-0.15, -0.1) is 0 Å². The summed E-state index contributed by atoms with van der Waals surface area (Å²) in [5, 5.41) is 6.29. The van der Waals surface area contributed by atoms with Crippen LogP contribution in [0, 0.1) is 5.92 Å². The lowest BCUT2D eigenvalue weighted by molar-refractivity contribution is -0.118. The van der Waals surface area contributed by atoms with Crippen molar-refractivity contribution in [1.29, 1.82) is 0 Å². The molecule has 0 aromatic rings. The van der Waals surface area contributed by atoms with E-state index < -0.39 is 0 Å². The number of hydrogen-bond acceptors (Lipinski definition) is 3. The summed E-state index contributed by atoms with van der Waals surface area (Å²) in [4.78, 5) is 16.2. The van der Waals surface area contributed by atoms with Gasteiger partial charge in [0.25, 0.3) is 0 Å². The molecule has 0 radical (unpaired) electrons. The van der Waals surface area contributed by atoms with Gasteiger partial charge in [0.05, 0.1) is 11.8 Å². The molecule has 3 aliphatic rings. The monoisotopic (exact) mass is 217 g/mol. The molecule has 0 aliphatic carbocycles. The highest BCUT2D eigenvalue weighted by molar-refractivity contribution is 6.14. The Morgan fingerprint density at radius 2 is 2.12 bits per heavy atom. The van der Waals surface area contributed by atoms with Gasteiger partial charge in [0, 0.05) is 11.8 Å². The minimum atomic E-state index is 0.0120. The highest BCUT2D eigenvalue weighted by atomic mass is 16.1. The lowest BCUT2D eigenvalue weighted by Crippen LogP contribution is -2.45. The Labute approximate surface area is 94.5 Å². The second-order valence-electron chi connectivity index (χ2n) is 4.47. The summed E-state index contributed by atoms with van der Waals surface area (Å²) in [6, 6.07) is 0.0120. The average molecular weight is 217 g/mol. The third-order valence-corrected chi connectivity index (χ3v) is 3.45. The number of rotatable bonds is 1. The number of nitrogens with zero attached hydrogens (tertiary/aromatic N) is 1. The quantitative estimate of drug-likeness (QED) is 0.667. The summed E-state index contributed by atoms with van der Waals surface area (Å²) in [6.45, 7) is 2.01. The van der Waals surface area contributed by atoms with E-state index in [1.807, 2.05) is 12.2 Å². The first-order valence-electron chi connectivity index (χ1n) is 5.82. The fourth-order valence-corrected chi connectivity index (χ4v) is 2.53. The van der Waals surface area contributed by atoms with Crippen LogP contribution in [0.3, 0.4) is 0 Å². The molecule has 3 aliphatic heterocycles. The van der Waals surface area contributed by atoms with Gasteiger partial charge in [-0.2, -0.15) is 0 Å². The molecule has 0 spiro atoms. The second kappa shape index (κ2) is 3.87. The van der Waals surface area contributed by atoms with E-state index in [1.165, 1.54) is 0 Å². The smallest absolute Gasteiger partial charge is 0.248 e. The molecule has 4 heteroatoms. The van der Waals surface area contributed by atoms with Crippen LogP contribution in [0.4, 0.5) is 0 Å². The van der Waals surface area contributed by atoms with Crippen molar-refractivity contribution in [2.75, 3.05) is 13.1 Å². The zero-order valence-corrected chi connectivity index (χ0v) is 9.07. The zero-order valence-electron chi connectivity index (χ0n) is 9.07.